The van der Waals surface area contributed by atoms with Gasteiger partial charge in [0.25, 0.3) is 11.5 Å². The van der Waals surface area contributed by atoms with Crippen LogP contribution in [-0.2, 0) is 0 Å². The largest absolute Gasteiger partial charge is 0.505 e. The first-order valence-corrected chi connectivity index (χ1v) is 6.05. The van der Waals surface area contributed by atoms with Crippen molar-refractivity contribution in [3.63, 3.8) is 0 Å². The number of aromatic amines is 1. The van der Waals surface area contributed by atoms with E-state index < -0.39 is 11.5 Å². The van der Waals surface area contributed by atoms with Gasteiger partial charge in [0.2, 0.25) is 0 Å². The van der Waals surface area contributed by atoms with Crippen LogP contribution in [0.5, 0.6) is 5.75 Å². The van der Waals surface area contributed by atoms with E-state index in [9.17, 15) is 14.7 Å². The SMILES string of the molecule is CCNC(=O)c1c(O)c2scc(C)c2[nH]c1=O. The molecular formula is C11H12N2O3S. The first-order chi connectivity index (χ1) is 8.06. The summed E-state index contributed by atoms with van der Waals surface area (Å²) in [7, 11) is 0. The van der Waals surface area contributed by atoms with Gasteiger partial charge in [0, 0.05) is 6.54 Å². The molecule has 5 nitrogen and oxygen atoms in total. The van der Waals surface area contributed by atoms with Gasteiger partial charge in [0.1, 0.15) is 5.56 Å². The monoisotopic (exact) mass is 252 g/mol. The minimum Gasteiger partial charge on any atom is -0.505 e. The summed E-state index contributed by atoms with van der Waals surface area (Å²) in [5.74, 6) is -0.799. The second-order valence-corrected chi connectivity index (χ2v) is 4.54. The van der Waals surface area contributed by atoms with Crippen LogP contribution in [0.2, 0.25) is 0 Å². The smallest absolute Gasteiger partial charge is 0.265 e. The molecule has 6 heteroatoms. The number of nitrogens with one attached hydrogen (secondary N) is 2. The Morgan fingerprint density at radius 1 is 1.59 bits per heavy atom. The minimum atomic E-state index is -0.567. The molecule has 17 heavy (non-hydrogen) atoms. The maximum atomic E-state index is 11.7. The number of rotatable bonds is 2. The van der Waals surface area contributed by atoms with E-state index >= 15 is 0 Å². The van der Waals surface area contributed by atoms with E-state index in [-0.39, 0.29) is 11.3 Å². The topological polar surface area (TPSA) is 82.2 Å². The Balaban J connectivity index is 2.73. The molecule has 0 atom stereocenters. The maximum absolute atomic E-state index is 11.7. The number of pyridine rings is 1. The van der Waals surface area contributed by atoms with Crippen LogP contribution in [0.3, 0.4) is 0 Å². The molecule has 0 bridgehead atoms. The molecule has 2 aromatic heterocycles. The zero-order chi connectivity index (χ0) is 12.6. The van der Waals surface area contributed by atoms with Gasteiger partial charge in [-0.25, -0.2) is 0 Å². The zero-order valence-electron chi connectivity index (χ0n) is 9.46. The van der Waals surface area contributed by atoms with E-state index in [1.165, 1.54) is 11.3 Å². The van der Waals surface area contributed by atoms with Crippen molar-refractivity contribution < 1.29 is 9.90 Å². The van der Waals surface area contributed by atoms with Crippen molar-refractivity contribution in [3.05, 3.63) is 26.9 Å². The molecule has 2 heterocycles. The molecule has 90 valence electrons. The molecule has 0 fully saturated rings. The molecule has 0 aliphatic carbocycles. The average molecular weight is 252 g/mol. The van der Waals surface area contributed by atoms with Crippen LogP contribution in [0.25, 0.3) is 10.2 Å². The molecule has 3 N–H and O–H groups in total. The van der Waals surface area contributed by atoms with Crippen LogP contribution in [-0.4, -0.2) is 22.5 Å². The highest BCUT2D eigenvalue weighted by atomic mass is 32.1. The highest BCUT2D eigenvalue weighted by Gasteiger charge is 2.19. The fourth-order valence-electron chi connectivity index (χ4n) is 1.63. The van der Waals surface area contributed by atoms with Crippen LogP contribution < -0.4 is 10.9 Å². The van der Waals surface area contributed by atoms with Gasteiger partial charge in [-0.3, -0.25) is 9.59 Å². The van der Waals surface area contributed by atoms with Gasteiger partial charge in [0.05, 0.1) is 10.2 Å². The summed E-state index contributed by atoms with van der Waals surface area (Å²) in [6.07, 6.45) is 0. The predicted octanol–water partition coefficient (Wildman–Crippen LogP) is 1.35. The summed E-state index contributed by atoms with van der Waals surface area (Å²) in [4.78, 5) is 26.0. The molecule has 0 unspecified atom stereocenters. The lowest BCUT2D eigenvalue weighted by molar-refractivity contribution is 0.0952. The van der Waals surface area contributed by atoms with Crippen LogP contribution in [0.1, 0.15) is 22.8 Å². The number of hydrogen-bond acceptors (Lipinski definition) is 4. The van der Waals surface area contributed by atoms with Crippen LogP contribution in [0, 0.1) is 6.92 Å². The van der Waals surface area contributed by atoms with E-state index in [2.05, 4.69) is 10.3 Å². The van der Waals surface area contributed by atoms with Crippen molar-refractivity contribution in [2.45, 2.75) is 13.8 Å². The number of aromatic hydroxyl groups is 1. The van der Waals surface area contributed by atoms with Gasteiger partial charge in [-0.2, -0.15) is 0 Å². The Bertz CT molecular complexity index is 642. The number of H-pyrrole nitrogens is 1. The Morgan fingerprint density at radius 2 is 2.29 bits per heavy atom. The molecule has 0 aromatic carbocycles. The highest BCUT2D eigenvalue weighted by Crippen LogP contribution is 2.31. The Morgan fingerprint density at radius 3 is 2.94 bits per heavy atom. The third-order valence-electron chi connectivity index (χ3n) is 2.46. The van der Waals surface area contributed by atoms with Crippen molar-refractivity contribution in [1.29, 1.82) is 0 Å². The summed E-state index contributed by atoms with van der Waals surface area (Å²) in [5.41, 5.74) is 0.675. The quantitative estimate of drug-likeness (QED) is 0.754. The standard InChI is InChI=1S/C11H12N2O3S/c1-3-12-10(15)6-8(14)9-7(13-11(6)16)5(2)4-17-9/h4H,3H2,1-2H3,(H,12,15)(H2,13,14,16). The molecule has 0 radical (unpaired) electrons. The molecule has 0 aliphatic heterocycles. The lowest BCUT2D eigenvalue weighted by atomic mass is 10.2. The predicted molar refractivity (Wildman–Crippen MR) is 66.9 cm³/mol. The number of carbonyl (C=O) groups excluding carboxylic acids is 1. The van der Waals surface area contributed by atoms with E-state index in [0.717, 1.165) is 5.56 Å². The number of aromatic nitrogens is 1. The molecule has 2 rings (SSSR count). The van der Waals surface area contributed by atoms with Crippen molar-refractivity contribution in [1.82, 2.24) is 10.3 Å². The molecule has 1 amide bonds. The normalized spacial score (nSPS) is 10.7. The molecular weight excluding hydrogens is 240 g/mol. The fourth-order valence-corrected chi connectivity index (χ4v) is 2.59. The van der Waals surface area contributed by atoms with E-state index in [4.69, 9.17) is 0 Å². The van der Waals surface area contributed by atoms with Crippen LogP contribution >= 0.6 is 11.3 Å². The first kappa shape index (κ1) is 11.7. The summed E-state index contributed by atoms with van der Waals surface area (Å²) in [5, 5.41) is 14.3. The van der Waals surface area contributed by atoms with Gasteiger partial charge >= 0.3 is 0 Å². The Hall–Kier alpha value is -1.82. The van der Waals surface area contributed by atoms with E-state index in [1.54, 1.807) is 6.92 Å². The molecule has 0 saturated heterocycles. The third kappa shape index (κ3) is 1.80. The molecule has 2 aromatic rings. The number of aryl methyl sites for hydroxylation is 1. The van der Waals surface area contributed by atoms with Crippen molar-refractivity contribution in [2.75, 3.05) is 6.54 Å². The minimum absolute atomic E-state index is 0.221. The number of fused-ring (bicyclic) bond motifs is 1. The Labute approximate surface area is 101 Å². The van der Waals surface area contributed by atoms with Crippen molar-refractivity contribution >= 4 is 27.5 Å². The van der Waals surface area contributed by atoms with Gasteiger partial charge in [-0.15, -0.1) is 11.3 Å². The van der Waals surface area contributed by atoms with Crippen molar-refractivity contribution in [3.8, 4) is 5.75 Å². The average Bonchev–Trinajstić information content (AvgIpc) is 2.61. The van der Waals surface area contributed by atoms with Gasteiger partial charge in [-0.05, 0) is 24.8 Å². The number of thiophene rings is 1. The van der Waals surface area contributed by atoms with Crippen LogP contribution in [0.15, 0.2) is 10.2 Å². The van der Waals surface area contributed by atoms with Gasteiger partial charge in [-0.1, -0.05) is 0 Å². The lowest BCUT2D eigenvalue weighted by Gasteiger charge is -2.04. The number of carbonyl (C=O) groups is 1. The van der Waals surface area contributed by atoms with Crippen molar-refractivity contribution in [2.24, 2.45) is 0 Å². The molecule has 0 spiro atoms. The second-order valence-electron chi connectivity index (χ2n) is 3.66. The molecule has 0 aliphatic rings. The number of amides is 1. The van der Waals surface area contributed by atoms with Gasteiger partial charge in [0.15, 0.2) is 5.75 Å². The second kappa shape index (κ2) is 4.21. The summed E-state index contributed by atoms with van der Waals surface area (Å²) >= 11 is 1.30. The Kier molecular flexibility index (Phi) is 2.89. The summed E-state index contributed by atoms with van der Waals surface area (Å²) < 4.78 is 0.531. The summed E-state index contributed by atoms with van der Waals surface area (Å²) in [6.45, 7) is 3.98. The molecule has 0 saturated carbocycles. The lowest BCUT2D eigenvalue weighted by Crippen LogP contribution is -2.29. The first-order valence-electron chi connectivity index (χ1n) is 5.17. The summed E-state index contributed by atoms with van der Waals surface area (Å²) in [6, 6.07) is 0. The van der Waals surface area contributed by atoms with E-state index in [1.807, 2.05) is 12.3 Å². The third-order valence-corrected chi connectivity index (χ3v) is 3.56. The highest BCUT2D eigenvalue weighted by molar-refractivity contribution is 7.17. The number of hydrogen-bond donors (Lipinski definition) is 3. The maximum Gasteiger partial charge on any atom is 0.265 e. The zero-order valence-corrected chi connectivity index (χ0v) is 10.3. The van der Waals surface area contributed by atoms with E-state index in [0.29, 0.717) is 16.8 Å². The van der Waals surface area contributed by atoms with Crippen LogP contribution in [0.4, 0.5) is 0 Å². The fraction of sp³-hybridized carbons (Fsp3) is 0.273. The van der Waals surface area contributed by atoms with Gasteiger partial charge < -0.3 is 15.4 Å².